The second kappa shape index (κ2) is 5.92. The van der Waals surface area contributed by atoms with Crippen molar-refractivity contribution >= 4 is 6.21 Å². The van der Waals surface area contributed by atoms with E-state index < -0.39 is 0 Å². The summed E-state index contributed by atoms with van der Waals surface area (Å²) in [7, 11) is 0. The Morgan fingerprint density at radius 1 is 0.929 bits per heavy atom. The molecule has 0 atom stereocenters. The first-order valence-electron chi connectivity index (χ1n) is 4.35. The lowest BCUT2D eigenvalue weighted by Crippen LogP contribution is -1.85. The molecule has 0 N–H and O–H groups in total. The van der Waals surface area contributed by atoms with Gasteiger partial charge in [0.1, 0.15) is 0 Å². The Balaban J connectivity index is 4.35. The summed E-state index contributed by atoms with van der Waals surface area (Å²) in [6.07, 6.45) is 5.42. The molecule has 0 rings (SSSR count). The zero-order chi connectivity index (χ0) is 11.1. The summed E-state index contributed by atoms with van der Waals surface area (Å²) in [5.74, 6) is 0. The highest BCUT2D eigenvalue weighted by atomic mass is 14.7. The fraction of sp³-hybridized carbons (Fsp3) is 0.154. The molecule has 14 heavy (non-hydrogen) atoms. The topological polar surface area (TPSA) is 12.4 Å². The average molecular weight is 187 g/mol. The fourth-order valence-corrected chi connectivity index (χ4v) is 0.621. The summed E-state index contributed by atoms with van der Waals surface area (Å²) in [6.45, 7) is 18.9. The molecule has 0 aliphatic rings. The van der Waals surface area contributed by atoms with Gasteiger partial charge in [0.05, 0.1) is 0 Å². The van der Waals surface area contributed by atoms with Crippen LogP contribution in [0.5, 0.6) is 0 Å². The van der Waals surface area contributed by atoms with Gasteiger partial charge in [-0.15, -0.1) is 0 Å². The van der Waals surface area contributed by atoms with Gasteiger partial charge in [0, 0.05) is 11.9 Å². The SMILES string of the molecule is C=C(C)/C=C\C(=C)C(=C)C=NC(=C)C. The maximum atomic E-state index is 4.04. The summed E-state index contributed by atoms with van der Waals surface area (Å²) in [6, 6.07) is 0. The van der Waals surface area contributed by atoms with Gasteiger partial charge in [-0.1, -0.05) is 44.0 Å². The molecule has 1 heteroatoms. The van der Waals surface area contributed by atoms with E-state index in [-0.39, 0.29) is 0 Å². The molecule has 0 fully saturated rings. The van der Waals surface area contributed by atoms with Crippen LogP contribution in [0.3, 0.4) is 0 Å². The molecule has 0 saturated heterocycles. The minimum absolute atomic E-state index is 0.753. The van der Waals surface area contributed by atoms with Crippen molar-refractivity contribution in [3.05, 3.63) is 60.9 Å². The molecule has 0 amide bonds. The van der Waals surface area contributed by atoms with Crippen LogP contribution in [-0.4, -0.2) is 6.21 Å². The third kappa shape index (κ3) is 5.95. The van der Waals surface area contributed by atoms with Crippen LogP contribution < -0.4 is 0 Å². The van der Waals surface area contributed by atoms with Gasteiger partial charge in [-0.05, 0) is 25.0 Å². The van der Waals surface area contributed by atoms with Gasteiger partial charge in [0.2, 0.25) is 0 Å². The summed E-state index contributed by atoms with van der Waals surface area (Å²) in [4.78, 5) is 4.04. The Bertz CT molecular complexity index is 293. The van der Waals surface area contributed by atoms with E-state index in [0.717, 1.165) is 22.4 Å². The lowest BCUT2D eigenvalue weighted by molar-refractivity contribution is 1.34. The second-order valence-electron chi connectivity index (χ2n) is 3.22. The number of nitrogens with zero attached hydrogens (tertiary/aromatic N) is 1. The van der Waals surface area contributed by atoms with E-state index in [0.29, 0.717) is 0 Å². The molecule has 0 aromatic heterocycles. The minimum Gasteiger partial charge on any atom is -0.262 e. The van der Waals surface area contributed by atoms with Crippen LogP contribution in [0, 0.1) is 0 Å². The van der Waals surface area contributed by atoms with Crippen molar-refractivity contribution in [3.63, 3.8) is 0 Å². The van der Waals surface area contributed by atoms with Crippen LogP contribution in [0.4, 0.5) is 0 Å². The third-order valence-corrected chi connectivity index (χ3v) is 1.42. The monoisotopic (exact) mass is 187 g/mol. The Labute approximate surface area is 86.6 Å². The molecule has 0 radical (unpaired) electrons. The first-order chi connectivity index (χ1) is 6.43. The van der Waals surface area contributed by atoms with Crippen molar-refractivity contribution in [2.45, 2.75) is 13.8 Å². The van der Waals surface area contributed by atoms with Crippen molar-refractivity contribution < 1.29 is 0 Å². The van der Waals surface area contributed by atoms with Gasteiger partial charge in [0.15, 0.2) is 0 Å². The molecular weight excluding hydrogens is 170 g/mol. The average Bonchev–Trinajstić information content (AvgIpc) is 2.09. The normalized spacial score (nSPS) is 10.7. The largest absolute Gasteiger partial charge is 0.262 e. The highest BCUT2D eigenvalue weighted by Crippen LogP contribution is 2.06. The predicted molar refractivity (Wildman–Crippen MR) is 65.5 cm³/mol. The van der Waals surface area contributed by atoms with Gasteiger partial charge >= 0.3 is 0 Å². The minimum atomic E-state index is 0.753. The van der Waals surface area contributed by atoms with E-state index in [1.54, 1.807) is 6.21 Å². The Morgan fingerprint density at radius 3 is 1.93 bits per heavy atom. The number of aliphatic imine (C=N–C) groups is 1. The van der Waals surface area contributed by atoms with Gasteiger partial charge in [-0.25, -0.2) is 0 Å². The van der Waals surface area contributed by atoms with E-state index in [4.69, 9.17) is 0 Å². The molecule has 0 unspecified atom stereocenters. The van der Waals surface area contributed by atoms with Gasteiger partial charge in [-0.2, -0.15) is 0 Å². The Morgan fingerprint density at radius 2 is 1.50 bits per heavy atom. The molecule has 0 aromatic rings. The second-order valence-corrected chi connectivity index (χ2v) is 3.22. The van der Waals surface area contributed by atoms with Gasteiger partial charge < -0.3 is 0 Å². The highest BCUT2D eigenvalue weighted by Gasteiger charge is 1.91. The molecule has 0 aromatic carbocycles. The molecule has 0 aliphatic carbocycles. The maximum Gasteiger partial charge on any atom is 0.0343 e. The summed E-state index contributed by atoms with van der Waals surface area (Å²) in [5.41, 5.74) is 3.35. The van der Waals surface area contributed by atoms with Crippen LogP contribution in [-0.2, 0) is 0 Å². The smallest absolute Gasteiger partial charge is 0.0343 e. The van der Waals surface area contributed by atoms with Crippen molar-refractivity contribution in [2.24, 2.45) is 4.99 Å². The molecule has 0 bridgehead atoms. The highest BCUT2D eigenvalue weighted by molar-refractivity contribution is 5.85. The molecule has 0 saturated carbocycles. The molecule has 74 valence electrons. The van der Waals surface area contributed by atoms with E-state index in [1.165, 1.54) is 0 Å². The maximum absolute atomic E-state index is 4.04. The van der Waals surface area contributed by atoms with Crippen LogP contribution in [0.15, 0.2) is 65.9 Å². The van der Waals surface area contributed by atoms with Crippen molar-refractivity contribution in [2.75, 3.05) is 0 Å². The number of hydrogen-bond acceptors (Lipinski definition) is 1. The van der Waals surface area contributed by atoms with E-state index in [1.807, 2.05) is 26.0 Å². The zero-order valence-electron chi connectivity index (χ0n) is 9.01. The first-order valence-corrected chi connectivity index (χ1v) is 4.35. The summed E-state index contributed by atoms with van der Waals surface area (Å²) in [5, 5.41) is 0. The number of rotatable bonds is 5. The van der Waals surface area contributed by atoms with Crippen LogP contribution in [0.2, 0.25) is 0 Å². The molecule has 1 nitrogen and oxygen atoms in total. The number of hydrogen-bond donors (Lipinski definition) is 0. The van der Waals surface area contributed by atoms with Crippen LogP contribution in [0.25, 0.3) is 0 Å². The van der Waals surface area contributed by atoms with E-state index >= 15 is 0 Å². The quantitative estimate of drug-likeness (QED) is 0.458. The summed E-state index contributed by atoms with van der Waals surface area (Å²) < 4.78 is 0. The third-order valence-electron chi connectivity index (χ3n) is 1.42. The van der Waals surface area contributed by atoms with Gasteiger partial charge in [0.25, 0.3) is 0 Å². The van der Waals surface area contributed by atoms with Crippen molar-refractivity contribution in [1.82, 2.24) is 0 Å². The lowest BCUT2D eigenvalue weighted by atomic mass is 10.1. The standard InChI is InChI=1S/C13H17N/c1-10(2)7-8-12(5)13(6)9-14-11(3)4/h7-9H,1,3,5-6H2,2,4H3/b8-7-,14-9?. The van der Waals surface area contributed by atoms with Gasteiger partial charge in [-0.3, -0.25) is 4.99 Å². The molecular formula is C13H17N. The molecule has 0 aliphatic heterocycles. The molecule has 0 spiro atoms. The predicted octanol–water partition coefficient (Wildman–Crippen LogP) is 3.84. The van der Waals surface area contributed by atoms with Crippen LogP contribution in [0.1, 0.15) is 13.8 Å². The van der Waals surface area contributed by atoms with Crippen molar-refractivity contribution in [1.29, 1.82) is 0 Å². The number of allylic oxidation sites excluding steroid dienone is 6. The first kappa shape index (κ1) is 12.4. The van der Waals surface area contributed by atoms with Crippen LogP contribution >= 0.6 is 0 Å². The van der Waals surface area contributed by atoms with E-state index in [2.05, 4.69) is 31.3 Å². The van der Waals surface area contributed by atoms with E-state index in [9.17, 15) is 0 Å². The Kier molecular flexibility index (Phi) is 5.23. The molecule has 0 heterocycles. The van der Waals surface area contributed by atoms with Crippen molar-refractivity contribution in [3.8, 4) is 0 Å². The lowest BCUT2D eigenvalue weighted by Gasteiger charge is -1.97. The Hall–Kier alpha value is -1.63. The fourth-order valence-electron chi connectivity index (χ4n) is 0.621. The zero-order valence-corrected chi connectivity index (χ0v) is 9.01. The summed E-state index contributed by atoms with van der Waals surface area (Å²) >= 11 is 0.